The maximum atomic E-state index is 12.0. The van der Waals surface area contributed by atoms with E-state index in [1.165, 1.54) is 6.20 Å². The predicted octanol–water partition coefficient (Wildman–Crippen LogP) is 0.899. The molecule has 0 bridgehead atoms. The van der Waals surface area contributed by atoms with Gasteiger partial charge in [-0.2, -0.15) is 5.10 Å². The standard InChI is InChI=1S/C14H18N6O.ClH/c1-19-10-11(8-17-19)14(21)18-13-3-2-12(9-16-13)20-6-4-15-5-7-20;/h2-3,8-10,15H,4-7H2,1H3,(H,16,18,21);1H. The van der Waals surface area contributed by atoms with Crippen LogP contribution >= 0.6 is 12.4 Å². The molecule has 3 heterocycles. The Morgan fingerprint density at radius 1 is 1.27 bits per heavy atom. The normalized spacial score (nSPS) is 14.3. The molecule has 2 N–H and O–H groups in total. The van der Waals surface area contributed by atoms with Gasteiger partial charge in [-0.05, 0) is 12.1 Å². The lowest BCUT2D eigenvalue weighted by Crippen LogP contribution is -2.43. The first-order valence-electron chi connectivity index (χ1n) is 6.94. The lowest BCUT2D eigenvalue weighted by molar-refractivity contribution is 0.102. The summed E-state index contributed by atoms with van der Waals surface area (Å²) in [6.45, 7) is 3.92. The number of amides is 1. The summed E-state index contributed by atoms with van der Waals surface area (Å²) >= 11 is 0. The molecule has 2 aromatic rings. The molecule has 0 unspecified atom stereocenters. The minimum atomic E-state index is -0.203. The topological polar surface area (TPSA) is 75.1 Å². The fourth-order valence-corrected chi connectivity index (χ4v) is 2.30. The van der Waals surface area contributed by atoms with Gasteiger partial charge in [0, 0.05) is 39.4 Å². The monoisotopic (exact) mass is 322 g/mol. The van der Waals surface area contributed by atoms with Gasteiger partial charge >= 0.3 is 0 Å². The van der Waals surface area contributed by atoms with Crippen LogP contribution in [0.15, 0.2) is 30.7 Å². The van der Waals surface area contributed by atoms with Gasteiger partial charge in [0.25, 0.3) is 5.91 Å². The van der Waals surface area contributed by atoms with Gasteiger partial charge in [-0.1, -0.05) is 0 Å². The Balaban J connectivity index is 0.00000176. The number of piperazine rings is 1. The number of nitrogens with zero attached hydrogens (tertiary/aromatic N) is 4. The summed E-state index contributed by atoms with van der Waals surface area (Å²) in [6.07, 6.45) is 5.00. The third-order valence-electron chi connectivity index (χ3n) is 3.44. The first kappa shape index (κ1) is 16.3. The second kappa shape index (κ2) is 7.24. The molecule has 1 aliphatic heterocycles. The van der Waals surface area contributed by atoms with Gasteiger partial charge in [-0.3, -0.25) is 9.48 Å². The van der Waals surface area contributed by atoms with Gasteiger partial charge in [0.15, 0.2) is 0 Å². The van der Waals surface area contributed by atoms with Crippen molar-refractivity contribution < 1.29 is 4.79 Å². The molecule has 0 atom stereocenters. The summed E-state index contributed by atoms with van der Waals surface area (Å²) in [4.78, 5) is 18.6. The van der Waals surface area contributed by atoms with Crippen molar-refractivity contribution in [2.45, 2.75) is 0 Å². The molecule has 0 aromatic carbocycles. The smallest absolute Gasteiger partial charge is 0.260 e. The molecule has 0 aliphatic carbocycles. The van der Waals surface area contributed by atoms with Crippen molar-refractivity contribution in [3.8, 4) is 0 Å². The zero-order valence-electron chi connectivity index (χ0n) is 12.3. The van der Waals surface area contributed by atoms with E-state index in [0.29, 0.717) is 11.4 Å². The number of pyridine rings is 1. The van der Waals surface area contributed by atoms with E-state index >= 15 is 0 Å². The average Bonchev–Trinajstić information content (AvgIpc) is 2.96. The van der Waals surface area contributed by atoms with Crippen molar-refractivity contribution in [2.75, 3.05) is 36.4 Å². The van der Waals surface area contributed by atoms with Gasteiger partial charge in [0.2, 0.25) is 0 Å². The van der Waals surface area contributed by atoms with Crippen LogP contribution in [0, 0.1) is 0 Å². The number of rotatable bonds is 3. The Bertz CT molecular complexity index is 621. The van der Waals surface area contributed by atoms with E-state index < -0.39 is 0 Å². The second-order valence-electron chi connectivity index (χ2n) is 5.00. The predicted molar refractivity (Wildman–Crippen MR) is 87.7 cm³/mol. The molecule has 7 nitrogen and oxygen atoms in total. The quantitative estimate of drug-likeness (QED) is 0.878. The molecule has 118 valence electrons. The molecule has 1 aliphatic rings. The summed E-state index contributed by atoms with van der Waals surface area (Å²) < 4.78 is 1.59. The van der Waals surface area contributed by atoms with Crippen molar-refractivity contribution in [1.82, 2.24) is 20.1 Å². The fraction of sp³-hybridized carbons (Fsp3) is 0.357. The van der Waals surface area contributed by atoms with E-state index in [1.807, 2.05) is 12.1 Å². The van der Waals surface area contributed by atoms with E-state index in [1.54, 1.807) is 24.1 Å². The molecular weight excluding hydrogens is 304 g/mol. The maximum Gasteiger partial charge on any atom is 0.260 e. The Kier molecular flexibility index (Phi) is 5.35. The lowest BCUT2D eigenvalue weighted by Gasteiger charge is -2.29. The third kappa shape index (κ3) is 3.75. The number of carbonyl (C=O) groups excluding carboxylic acids is 1. The number of nitrogens with one attached hydrogen (secondary N) is 2. The molecule has 3 rings (SSSR count). The average molecular weight is 323 g/mol. The Hall–Kier alpha value is -2.12. The van der Waals surface area contributed by atoms with E-state index in [-0.39, 0.29) is 18.3 Å². The van der Waals surface area contributed by atoms with Crippen LogP contribution in [0.5, 0.6) is 0 Å². The number of aromatic nitrogens is 3. The second-order valence-corrected chi connectivity index (χ2v) is 5.00. The first-order chi connectivity index (χ1) is 10.2. The Morgan fingerprint density at radius 3 is 2.64 bits per heavy atom. The summed E-state index contributed by atoms with van der Waals surface area (Å²) in [5, 5.41) is 10.1. The highest BCUT2D eigenvalue weighted by molar-refractivity contribution is 6.03. The van der Waals surface area contributed by atoms with Crippen LogP contribution in [0.2, 0.25) is 0 Å². The zero-order chi connectivity index (χ0) is 14.7. The number of aryl methyl sites for hydroxylation is 1. The summed E-state index contributed by atoms with van der Waals surface area (Å²) in [7, 11) is 1.78. The Morgan fingerprint density at radius 2 is 2.05 bits per heavy atom. The van der Waals surface area contributed by atoms with E-state index in [2.05, 4.69) is 25.6 Å². The molecule has 0 radical (unpaired) electrons. The minimum Gasteiger partial charge on any atom is -0.368 e. The van der Waals surface area contributed by atoms with E-state index in [9.17, 15) is 4.79 Å². The van der Waals surface area contributed by atoms with Crippen LogP contribution < -0.4 is 15.5 Å². The molecule has 1 amide bonds. The van der Waals surface area contributed by atoms with Crippen molar-refractivity contribution >= 4 is 29.8 Å². The molecule has 22 heavy (non-hydrogen) atoms. The van der Waals surface area contributed by atoms with Crippen LogP contribution in [0.3, 0.4) is 0 Å². The van der Waals surface area contributed by atoms with Crippen molar-refractivity contribution in [3.05, 3.63) is 36.3 Å². The van der Waals surface area contributed by atoms with Gasteiger partial charge in [-0.25, -0.2) is 4.98 Å². The highest BCUT2D eigenvalue weighted by Gasteiger charge is 2.12. The number of carbonyl (C=O) groups is 1. The molecule has 1 fully saturated rings. The Labute approximate surface area is 135 Å². The lowest BCUT2D eigenvalue weighted by atomic mass is 10.3. The highest BCUT2D eigenvalue weighted by Crippen LogP contribution is 2.16. The van der Waals surface area contributed by atoms with Gasteiger partial charge in [-0.15, -0.1) is 12.4 Å². The van der Waals surface area contributed by atoms with Crippen molar-refractivity contribution in [3.63, 3.8) is 0 Å². The third-order valence-corrected chi connectivity index (χ3v) is 3.44. The first-order valence-corrected chi connectivity index (χ1v) is 6.94. The molecule has 0 spiro atoms. The highest BCUT2D eigenvalue weighted by atomic mass is 35.5. The molecule has 2 aromatic heterocycles. The van der Waals surface area contributed by atoms with E-state index in [4.69, 9.17) is 0 Å². The maximum absolute atomic E-state index is 12.0. The van der Waals surface area contributed by atoms with Crippen LogP contribution in [0.1, 0.15) is 10.4 Å². The van der Waals surface area contributed by atoms with Crippen LogP contribution in [-0.2, 0) is 7.05 Å². The minimum absolute atomic E-state index is 0. The molecule has 0 saturated carbocycles. The van der Waals surface area contributed by atoms with E-state index in [0.717, 1.165) is 31.9 Å². The van der Waals surface area contributed by atoms with Crippen LogP contribution in [0.25, 0.3) is 0 Å². The number of hydrogen-bond donors (Lipinski definition) is 2. The SMILES string of the molecule is Cl.Cn1cc(C(=O)Nc2ccc(N3CCNCC3)cn2)cn1. The summed E-state index contributed by atoms with van der Waals surface area (Å²) in [6, 6.07) is 3.81. The van der Waals surface area contributed by atoms with Crippen molar-refractivity contribution in [2.24, 2.45) is 7.05 Å². The van der Waals surface area contributed by atoms with Crippen LogP contribution in [0.4, 0.5) is 11.5 Å². The molecular formula is C14H19ClN6O. The number of halogens is 1. The van der Waals surface area contributed by atoms with Gasteiger partial charge < -0.3 is 15.5 Å². The number of anilines is 2. The zero-order valence-corrected chi connectivity index (χ0v) is 13.1. The summed E-state index contributed by atoms with van der Waals surface area (Å²) in [5.74, 6) is 0.341. The molecule has 1 saturated heterocycles. The van der Waals surface area contributed by atoms with Crippen molar-refractivity contribution in [1.29, 1.82) is 0 Å². The van der Waals surface area contributed by atoms with Gasteiger partial charge in [0.05, 0.1) is 23.6 Å². The largest absolute Gasteiger partial charge is 0.368 e. The van der Waals surface area contributed by atoms with Crippen LogP contribution in [-0.4, -0.2) is 46.9 Å². The number of hydrogen-bond acceptors (Lipinski definition) is 5. The molecule has 8 heteroatoms. The summed E-state index contributed by atoms with van der Waals surface area (Å²) in [5.41, 5.74) is 1.60. The fourth-order valence-electron chi connectivity index (χ4n) is 2.30. The van der Waals surface area contributed by atoms with Gasteiger partial charge in [0.1, 0.15) is 5.82 Å².